The molecule has 1 aliphatic rings. The third-order valence-corrected chi connectivity index (χ3v) is 2.55. The van der Waals surface area contributed by atoms with Crippen LogP contribution in [0.3, 0.4) is 0 Å². The van der Waals surface area contributed by atoms with E-state index in [-0.39, 0.29) is 6.29 Å². The first-order valence-electron chi connectivity index (χ1n) is 6.03. The molecule has 0 bridgehead atoms. The van der Waals surface area contributed by atoms with Crippen molar-refractivity contribution in [2.75, 3.05) is 45.9 Å². The molecule has 1 N–H and O–H groups in total. The van der Waals surface area contributed by atoms with E-state index in [9.17, 15) is 0 Å². The van der Waals surface area contributed by atoms with Crippen molar-refractivity contribution in [3.8, 4) is 0 Å². The van der Waals surface area contributed by atoms with Gasteiger partial charge in [0, 0.05) is 32.8 Å². The van der Waals surface area contributed by atoms with Gasteiger partial charge in [-0.2, -0.15) is 0 Å². The highest BCUT2D eigenvalue weighted by Crippen LogP contribution is 2.02. The summed E-state index contributed by atoms with van der Waals surface area (Å²) >= 11 is 0. The molecule has 0 unspecified atom stereocenters. The van der Waals surface area contributed by atoms with Crippen LogP contribution in [0.5, 0.6) is 0 Å². The molecule has 1 fully saturated rings. The molecular weight excluding hydrogens is 192 g/mol. The zero-order valence-electron chi connectivity index (χ0n) is 10.00. The van der Waals surface area contributed by atoms with E-state index in [4.69, 9.17) is 9.47 Å². The number of nitrogens with zero attached hydrogens (tertiary/aromatic N) is 1. The zero-order valence-corrected chi connectivity index (χ0v) is 10.00. The van der Waals surface area contributed by atoms with Crippen LogP contribution < -0.4 is 5.32 Å². The van der Waals surface area contributed by atoms with Crippen LogP contribution in [0.1, 0.15) is 20.3 Å². The first kappa shape index (κ1) is 12.9. The smallest absolute Gasteiger partial charge is 0.170 e. The maximum absolute atomic E-state index is 5.54. The molecule has 1 heterocycles. The van der Waals surface area contributed by atoms with E-state index < -0.39 is 0 Å². The molecule has 0 aromatic carbocycles. The maximum atomic E-state index is 5.54. The highest BCUT2D eigenvalue weighted by Gasteiger charge is 2.15. The summed E-state index contributed by atoms with van der Waals surface area (Å²) in [5, 5.41) is 3.39. The summed E-state index contributed by atoms with van der Waals surface area (Å²) in [5.74, 6) is 0. The van der Waals surface area contributed by atoms with Crippen molar-refractivity contribution >= 4 is 0 Å². The lowest BCUT2D eigenvalue weighted by molar-refractivity contribution is -0.146. The van der Waals surface area contributed by atoms with Gasteiger partial charge in [-0.1, -0.05) is 0 Å². The summed E-state index contributed by atoms with van der Waals surface area (Å²) < 4.78 is 11.1. The molecule has 0 spiro atoms. The van der Waals surface area contributed by atoms with Gasteiger partial charge in [0.15, 0.2) is 6.29 Å². The fraction of sp³-hybridized carbons (Fsp3) is 1.00. The molecule has 0 aromatic heterocycles. The standard InChI is InChI=1S/C11H24N2O2/c1-3-14-11(15-4-2)10-13-8-5-6-12-7-9-13/h11-12H,3-10H2,1-2H3. The van der Waals surface area contributed by atoms with Crippen LogP contribution in [-0.2, 0) is 9.47 Å². The van der Waals surface area contributed by atoms with Crippen LogP contribution in [0.2, 0.25) is 0 Å². The molecule has 90 valence electrons. The van der Waals surface area contributed by atoms with Crippen molar-refractivity contribution in [3.63, 3.8) is 0 Å². The van der Waals surface area contributed by atoms with Gasteiger partial charge in [0.05, 0.1) is 0 Å². The Hall–Kier alpha value is -0.160. The molecule has 4 nitrogen and oxygen atoms in total. The van der Waals surface area contributed by atoms with Crippen molar-refractivity contribution < 1.29 is 9.47 Å². The summed E-state index contributed by atoms with van der Waals surface area (Å²) in [6.45, 7) is 10.8. The largest absolute Gasteiger partial charge is 0.352 e. The lowest BCUT2D eigenvalue weighted by Crippen LogP contribution is -2.37. The molecule has 1 aliphatic heterocycles. The molecule has 1 rings (SSSR count). The molecule has 0 aliphatic carbocycles. The van der Waals surface area contributed by atoms with Gasteiger partial charge in [-0.15, -0.1) is 0 Å². The molecule has 0 saturated carbocycles. The molecule has 15 heavy (non-hydrogen) atoms. The summed E-state index contributed by atoms with van der Waals surface area (Å²) in [5.41, 5.74) is 0. The van der Waals surface area contributed by atoms with Crippen molar-refractivity contribution in [3.05, 3.63) is 0 Å². The fourth-order valence-electron chi connectivity index (χ4n) is 1.82. The van der Waals surface area contributed by atoms with Crippen molar-refractivity contribution in [2.45, 2.75) is 26.6 Å². The Morgan fingerprint density at radius 2 is 1.87 bits per heavy atom. The minimum atomic E-state index is -0.0573. The summed E-state index contributed by atoms with van der Waals surface area (Å²) in [6.07, 6.45) is 1.16. The van der Waals surface area contributed by atoms with Crippen LogP contribution in [0.4, 0.5) is 0 Å². The summed E-state index contributed by atoms with van der Waals surface area (Å²) in [6, 6.07) is 0. The predicted molar refractivity (Wildman–Crippen MR) is 61.0 cm³/mol. The van der Waals surface area contributed by atoms with E-state index in [1.165, 1.54) is 6.42 Å². The van der Waals surface area contributed by atoms with Gasteiger partial charge >= 0.3 is 0 Å². The van der Waals surface area contributed by atoms with E-state index in [1.54, 1.807) is 0 Å². The summed E-state index contributed by atoms with van der Waals surface area (Å²) in [4.78, 5) is 2.41. The second kappa shape index (κ2) is 8.05. The van der Waals surface area contributed by atoms with Crippen LogP contribution in [0.15, 0.2) is 0 Å². The van der Waals surface area contributed by atoms with E-state index >= 15 is 0 Å². The molecule has 0 radical (unpaired) electrons. The first-order chi connectivity index (χ1) is 7.36. The van der Waals surface area contributed by atoms with E-state index in [0.717, 1.165) is 45.9 Å². The SMILES string of the molecule is CCOC(CN1CCCNCC1)OCC. The highest BCUT2D eigenvalue weighted by atomic mass is 16.7. The van der Waals surface area contributed by atoms with Crippen molar-refractivity contribution in [1.82, 2.24) is 10.2 Å². The van der Waals surface area contributed by atoms with Gasteiger partial charge < -0.3 is 14.8 Å². The molecular formula is C11H24N2O2. The Morgan fingerprint density at radius 3 is 2.53 bits per heavy atom. The highest BCUT2D eigenvalue weighted by molar-refractivity contribution is 4.67. The van der Waals surface area contributed by atoms with E-state index in [2.05, 4.69) is 10.2 Å². The molecule has 0 atom stereocenters. The van der Waals surface area contributed by atoms with Crippen LogP contribution in [0, 0.1) is 0 Å². The monoisotopic (exact) mass is 216 g/mol. The third-order valence-electron chi connectivity index (χ3n) is 2.55. The Morgan fingerprint density at radius 1 is 1.13 bits per heavy atom. The van der Waals surface area contributed by atoms with Gasteiger partial charge in [0.1, 0.15) is 0 Å². The van der Waals surface area contributed by atoms with E-state index in [1.807, 2.05) is 13.8 Å². The number of ether oxygens (including phenoxy) is 2. The molecule has 1 saturated heterocycles. The molecule has 0 amide bonds. The zero-order chi connectivity index (χ0) is 10.9. The van der Waals surface area contributed by atoms with Crippen molar-refractivity contribution in [2.24, 2.45) is 0 Å². The molecule has 4 heteroatoms. The Balaban J connectivity index is 2.27. The number of rotatable bonds is 6. The minimum Gasteiger partial charge on any atom is -0.352 e. The first-order valence-corrected chi connectivity index (χ1v) is 6.03. The third kappa shape index (κ3) is 5.47. The average Bonchev–Trinajstić information content (AvgIpc) is 2.47. The van der Waals surface area contributed by atoms with Gasteiger partial charge in [-0.05, 0) is 33.4 Å². The lowest BCUT2D eigenvalue weighted by Gasteiger charge is -2.25. The van der Waals surface area contributed by atoms with Crippen LogP contribution >= 0.6 is 0 Å². The second-order valence-electron chi connectivity index (χ2n) is 3.74. The summed E-state index contributed by atoms with van der Waals surface area (Å²) in [7, 11) is 0. The lowest BCUT2D eigenvalue weighted by atomic mass is 10.4. The fourth-order valence-corrected chi connectivity index (χ4v) is 1.82. The molecule has 0 aromatic rings. The predicted octanol–water partition coefficient (Wildman–Crippen LogP) is 0.681. The normalized spacial score (nSPS) is 19.4. The number of hydrogen-bond acceptors (Lipinski definition) is 4. The second-order valence-corrected chi connectivity index (χ2v) is 3.74. The van der Waals surface area contributed by atoms with Gasteiger partial charge in [0.2, 0.25) is 0 Å². The Bertz CT molecular complexity index is 142. The number of hydrogen-bond donors (Lipinski definition) is 1. The maximum Gasteiger partial charge on any atom is 0.170 e. The van der Waals surface area contributed by atoms with Gasteiger partial charge in [-0.25, -0.2) is 0 Å². The number of nitrogens with one attached hydrogen (secondary N) is 1. The Labute approximate surface area is 92.9 Å². The Kier molecular flexibility index (Phi) is 6.92. The quantitative estimate of drug-likeness (QED) is 0.662. The average molecular weight is 216 g/mol. The minimum absolute atomic E-state index is 0.0573. The van der Waals surface area contributed by atoms with Crippen LogP contribution in [0.25, 0.3) is 0 Å². The van der Waals surface area contributed by atoms with Crippen molar-refractivity contribution in [1.29, 1.82) is 0 Å². The van der Waals surface area contributed by atoms with Crippen LogP contribution in [-0.4, -0.2) is 57.1 Å². The van der Waals surface area contributed by atoms with E-state index in [0.29, 0.717) is 0 Å². The van der Waals surface area contributed by atoms with Gasteiger partial charge in [0.25, 0.3) is 0 Å². The van der Waals surface area contributed by atoms with Gasteiger partial charge in [-0.3, -0.25) is 4.90 Å². The topological polar surface area (TPSA) is 33.7 Å².